The summed E-state index contributed by atoms with van der Waals surface area (Å²) in [4.78, 5) is 0. The fraction of sp³-hybridized carbons (Fsp3) is 0.926. The third kappa shape index (κ3) is 9.25. The van der Waals surface area contributed by atoms with Crippen LogP contribution >= 0.6 is 0 Å². The molecule has 42 heavy (non-hydrogen) atoms. The summed E-state index contributed by atoms with van der Waals surface area (Å²) in [6, 6.07) is -2.20. The van der Waals surface area contributed by atoms with Crippen LogP contribution in [0, 0.1) is 5.92 Å². The van der Waals surface area contributed by atoms with Gasteiger partial charge in [0.25, 0.3) is 0 Å². The van der Waals surface area contributed by atoms with E-state index in [0.717, 1.165) is 0 Å². The number of aliphatic hydroxyl groups excluding tert-OH is 3. The average molecular weight is 606 g/mol. The predicted molar refractivity (Wildman–Crippen MR) is 156 cm³/mol. The number of rotatable bonds is 14. The van der Waals surface area contributed by atoms with Crippen LogP contribution in [-0.4, -0.2) is 139 Å². The van der Waals surface area contributed by atoms with Crippen molar-refractivity contribution in [1.82, 2.24) is 16.0 Å². The van der Waals surface area contributed by atoms with Gasteiger partial charge in [-0.05, 0) is 46.7 Å². The molecule has 12 atom stereocenters. The Balaban J connectivity index is 1.77. The molecule has 1 saturated heterocycles. The number of hydrogen-bond acceptors (Lipinski definition) is 15. The van der Waals surface area contributed by atoms with Crippen molar-refractivity contribution in [3.8, 4) is 0 Å². The van der Waals surface area contributed by atoms with Crippen LogP contribution in [-0.2, 0) is 18.9 Å². The van der Waals surface area contributed by atoms with E-state index in [1.807, 2.05) is 19.9 Å². The Bertz CT molecular complexity index is 863. The number of nitrogens with two attached hydrogens (primary N) is 4. The minimum absolute atomic E-state index is 0.0254. The molecule has 2 fully saturated rings. The van der Waals surface area contributed by atoms with Gasteiger partial charge in [0, 0.05) is 42.7 Å². The van der Waals surface area contributed by atoms with Crippen molar-refractivity contribution in [3.05, 3.63) is 11.8 Å². The molecule has 0 radical (unpaired) electrons. The van der Waals surface area contributed by atoms with Crippen LogP contribution in [0.3, 0.4) is 0 Å². The summed E-state index contributed by atoms with van der Waals surface area (Å²) >= 11 is 0. The molecule has 0 aromatic heterocycles. The van der Waals surface area contributed by atoms with Crippen molar-refractivity contribution >= 4 is 0 Å². The Labute approximate surface area is 248 Å². The first-order valence-electron chi connectivity index (χ1n) is 14.8. The molecule has 0 spiro atoms. The van der Waals surface area contributed by atoms with Crippen LogP contribution in [0.1, 0.15) is 33.6 Å². The lowest BCUT2D eigenvalue weighted by Crippen LogP contribution is -2.69. The van der Waals surface area contributed by atoms with Gasteiger partial charge in [-0.25, -0.2) is 0 Å². The van der Waals surface area contributed by atoms with Crippen LogP contribution < -0.4 is 38.9 Å². The molecule has 0 bridgehead atoms. The average Bonchev–Trinajstić information content (AvgIpc) is 2.90. The van der Waals surface area contributed by atoms with E-state index in [1.54, 1.807) is 14.0 Å². The monoisotopic (exact) mass is 605 g/mol. The molecule has 3 rings (SSSR count). The van der Waals surface area contributed by atoms with E-state index in [4.69, 9.17) is 41.9 Å². The van der Waals surface area contributed by atoms with Gasteiger partial charge in [0.05, 0.1) is 44.7 Å². The maximum absolute atomic E-state index is 11.8. The summed E-state index contributed by atoms with van der Waals surface area (Å²) in [6.45, 7) is 6.46. The van der Waals surface area contributed by atoms with Gasteiger partial charge >= 0.3 is 0 Å². The second kappa shape index (κ2) is 15.3. The molecule has 15 nitrogen and oxygen atoms in total. The fourth-order valence-electron chi connectivity index (χ4n) is 5.95. The van der Waals surface area contributed by atoms with Crippen molar-refractivity contribution in [2.45, 2.75) is 106 Å². The molecular formula is C27H55N7O8. The second-order valence-electron chi connectivity index (χ2n) is 12.8. The summed E-state index contributed by atoms with van der Waals surface area (Å²) < 4.78 is 23.8. The largest absolute Gasteiger partial charge is 0.492 e. The van der Waals surface area contributed by atoms with Crippen LogP contribution in [0.4, 0.5) is 0 Å². The smallest absolute Gasteiger partial charge is 0.185 e. The number of nitrogens with one attached hydrogen (secondary N) is 3. The zero-order valence-corrected chi connectivity index (χ0v) is 25.3. The van der Waals surface area contributed by atoms with Gasteiger partial charge in [-0.3, -0.25) is 5.32 Å². The molecule has 1 saturated carbocycles. The maximum Gasteiger partial charge on any atom is 0.185 e. The number of aliphatic hydroxyl groups is 4. The molecule has 0 aromatic carbocycles. The lowest BCUT2D eigenvalue weighted by molar-refractivity contribution is -0.298. The molecule has 1 aliphatic carbocycles. The van der Waals surface area contributed by atoms with Crippen molar-refractivity contribution in [1.29, 1.82) is 0 Å². The summed E-state index contributed by atoms with van der Waals surface area (Å²) in [5, 5.41) is 52.6. The minimum atomic E-state index is -1.34. The second-order valence-corrected chi connectivity index (χ2v) is 12.8. The molecule has 15 heteroatoms. The molecule has 2 heterocycles. The first-order valence-corrected chi connectivity index (χ1v) is 14.8. The SMILES string of the molecule is CN[C@@H]1[C@@H](O)[C@@H](O[C@@H]2[C@@H](O)[C@H](C3OC(CNCC(C)(C)N)=CC[C@H]3N)[C@@H](N)C[C@H]2NCOC[C@@H](O)CN)OC[C@]1(C)O. The molecular weight excluding hydrogens is 550 g/mol. The van der Waals surface area contributed by atoms with Gasteiger partial charge in [0.2, 0.25) is 0 Å². The molecule has 1 unspecified atom stereocenters. The topological polar surface area (TPSA) is 258 Å². The molecule has 2 aliphatic heterocycles. The van der Waals surface area contributed by atoms with E-state index in [0.29, 0.717) is 31.7 Å². The van der Waals surface area contributed by atoms with E-state index < -0.39 is 78.0 Å². The van der Waals surface area contributed by atoms with Gasteiger partial charge in [0.15, 0.2) is 6.29 Å². The van der Waals surface area contributed by atoms with Crippen LogP contribution in [0.25, 0.3) is 0 Å². The highest BCUT2D eigenvalue weighted by Gasteiger charge is 2.53. The minimum Gasteiger partial charge on any atom is -0.492 e. The van der Waals surface area contributed by atoms with Gasteiger partial charge in [-0.2, -0.15) is 0 Å². The number of hydrogen-bond donors (Lipinski definition) is 11. The van der Waals surface area contributed by atoms with Gasteiger partial charge in [-0.1, -0.05) is 0 Å². The first kappa shape index (κ1) is 35.5. The molecule has 15 N–H and O–H groups in total. The Kier molecular flexibility index (Phi) is 12.9. The van der Waals surface area contributed by atoms with Gasteiger partial charge in [-0.15, -0.1) is 0 Å². The zero-order chi connectivity index (χ0) is 31.2. The van der Waals surface area contributed by atoms with E-state index in [2.05, 4.69) is 16.0 Å². The Morgan fingerprint density at radius 3 is 2.57 bits per heavy atom. The van der Waals surface area contributed by atoms with Crippen molar-refractivity contribution in [3.63, 3.8) is 0 Å². The fourth-order valence-corrected chi connectivity index (χ4v) is 5.95. The molecule has 246 valence electrons. The number of ether oxygens (including phenoxy) is 4. The van der Waals surface area contributed by atoms with Crippen LogP contribution in [0.2, 0.25) is 0 Å². The maximum atomic E-state index is 11.8. The molecule has 3 aliphatic rings. The summed E-state index contributed by atoms with van der Waals surface area (Å²) in [5.74, 6) is 0.0849. The summed E-state index contributed by atoms with van der Waals surface area (Å²) in [5.41, 5.74) is 23.0. The van der Waals surface area contributed by atoms with Gasteiger partial charge < -0.3 is 72.9 Å². The summed E-state index contributed by atoms with van der Waals surface area (Å²) in [6.07, 6.45) is -3.06. The third-order valence-electron chi connectivity index (χ3n) is 8.20. The summed E-state index contributed by atoms with van der Waals surface area (Å²) in [7, 11) is 1.63. The normalized spacial score (nSPS) is 40.3. The van der Waals surface area contributed by atoms with Crippen LogP contribution in [0.15, 0.2) is 11.8 Å². The molecule has 0 amide bonds. The van der Waals surface area contributed by atoms with Crippen molar-refractivity contribution in [2.75, 3.05) is 46.6 Å². The lowest BCUT2D eigenvalue weighted by Gasteiger charge is -2.50. The standard InChI is InChI=1S/C27H55N7O8/c1-26(2,31)11-33-9-15-5-6-16(29)22(41-15)19-17(30)7-18(34-13-39-10-14(35)8-28)23(20(19)36)42-25-21(37)24(32-4)27(3,38)12-40-25/h5,14,16-25,32-38H,6-13,28-31H2,1-4H3/t14-,16+,17-,18+,19+,20-,21+,22?,23-,24+,25+,27-/m0/s1. The first-order chi connectivity index (χ1) is 19.7. The van der Waals surface area contributed by atoms with E-state index in [-0.39, 0.29) is 26.5 Å². The molecule has 0 aromatic rings. The third-order valence-corrected chi connectivity index (χ3v) is 8.20. The predicted octanol–water partition coefficient (Wildman–Crippen LogP) is -4.29. The van der Waals surface area contributed by atoms with E-state index in [1.165, 1.54) is 0 Å². The Hall–Kier alpha value is -1.02. The van der Waals surface area contributed by atoms with Crippen LogP contribution in [0.5, 0.6) is 0 Å². The Morgan fingerprint density at radius 2 is 1.93 bits per heavy atom. The quantitative estimate of drug-likeness (QED) is 0.0661. The highest BCUT2D eigenvalue weighted by molar-refractivity contribution is 5.10. The van der Waals surface area contributed by atoms with Gasteiger partial charge in [0.1, 0.15) is 29.7 Å². The highest BCUT2D eigenvalue weighted by Crippen LogP contribution is 2.36. The lowest BCUT2D eigenvalue weighted by atomic mass is 9.72. The van der Waals surface area contributed by atoms with Crippen molar-refractivity contribution < 1.29 is 39.4 Å². The highest BCUT2D eigenvalue weighted by atomic mass is 16.7. The van der Waals surface area contributed by atoms with Crippen molar-refractivity contribution in [2.24, 2.45) is 28.9 Å². The van der Waals surface area contributed by atoms with E-state index >= 15 is 0 Å². The van der Waals surface area contributed by atoms with E-state index in [9.17, 15) is 20.4 Å². The Morgan fingerprint density at radius 1 is 1.21 bits per heavy atom. The zero-order valence-electron chi connectivity index (χ0n) is 25.3. The number of likely N-dealkylation sites (N-methyl/N-ethyl adjacent to an activating group) is 1.